The van der Waals surface area contributed by atoms with Gasteiger partial charge in [0.25, 0.3) is 0 Å². The van der Waals surface area contributed by atoms with E-state index in [9.17, 15) is 0 Å². The monoisotopic (exact) mass is 958 g/mol. The molecule has 4 aromatic heterocycles. The van der Waals surface area contributed by atoms with E-state index in [0.29, 0.717) is 17.5 Å². The van der Waals surface area contributed by atoms with Crippen molar-refractivity contribution in [3.63, 3.8) is 0 Å². The number of furan rings is 2. The maximum atomic E-state index is 6.67. The molecule has 6 nitrogen and oxygen atoms in total. The van der Waals surface area contributed by atoms with Gasteiger partial charge < -0.3 is 13.4 Å². The molecule has 0 aliphatic heterocycles. The molecule has 0 spiro atoms. The van der Waals surface area contributed by atoms with Crippen LogP contribution in [0.15, 0.2) is 264 Å². The predicted octanol–water partition coefficient (Wildman–Crippen LogP) is 18.4. The van der Waals surface area contributed by atoms with Crippen LogP contribution in [-0.2, 0) is 0 Å². The van der Waals surface area contributed by atoms with Gasteiger partial charge in [-0.05, 0) is 111 Å². The van der Waals surface area contributed by atoms with Gasteiger partial charge in [-0.2, -0.15) is 0 Å². The Balaban J connectivity index is 0.766. The number of rotatable bonds is 8. The minimum atomic E-state index is 0.583. The fourth-order valence-corrected chi connectivity index (χ4v) is 11.0. The van der Waals surface area contributed by atoms with Crippen LogP contribution in [0.25, 0.3) is 150 Å². The second kappa shape index (κ2) is 17.3. The number of hydrogen-bond acceptors (Lipinski definition) is 5. The number of aromatic nitrogens is 4. The van der Waals surface area contributed by atoms with Crippen LogP contribution in [0, 0.1) is 0 Å². The minimum Gasteiger partial charge on any atom is -0.456 e. The highest BCUT2D eigenvalue weighted by molar-refractivity contribution is 6.13. The van der Waals surface area contributed by atoms with Gasteiger partial charge >= 0.3 is 0 Å². The number of fused-ring (bicyclic) bond motifs is 9. The first kappa shape index (κ1) is 42.5. The second-order valence-electron chi connectivity index (χ2n) is 19.1. The van der Waals surface area contributed by atoms with Crippen molar-refractivity contribution in [2.45, 2.75) is 0 Å². The van der Waals surface area contributed by atoms with Crippen LogP contribution in [0.4, 0.5) is 0 Å². The van der Waals surface area contributed by atoms with Crippen molar-refractivity contribution in [2.24, 2.45) is 0 Å². The summed E-state index contributed by atoms with van der Waals surface area (Å²) in [6, 6.07) is 89.3. The Morgan fingerprint density at radius 1 is 0.253 bits per heavy atom. The van der Waals surface area contributed by atoms with Crippen LogP contribution < -0.4 is 0 Å². The lowest BCUT2D eigenvalue weighted by Gasteiger charge is -2.10. The lowest BCUT2D eigenvalue weighted by Crippen LogP contribution is -2.00. The molecule has 350 valence electrons. The van der Waals surface area contributed by atoms with Crippen LogP contribution in [0.1, 0.15) is 0 Å². The van der Waals surface area contributed by atoms with Gasteiger partial charge in [-0.25, -0.2) is 15.0 Å². The first-order valence-corrected chi connectivity index (χ1v) is 25.2. The Morgan fingerprint density at radius 3 is 1.52 bits per heavy atom. The van der Waals surface area contributed by atoms with Gasteiger partial charge in [-0.3, -0.25) is 0 Å². The molecule has 0 saturated carbocycles. The molecule has 0 atom stereocenters. The summed E-state index contributed by atoms with van der Waals surface area (Å²) in [6.45, 7) is 0. The summed E-state index contributed by atoms with van der Waals surface area (Å²) in [5.41, 5.74) is 18.4. The normalized spacial score (nSPS) is 11.7. The minimum absolute atomic E-state index is 0.583. The molecule has 0 N–H and O–H groups in total. The SMILES string of the molecule is c1ccc(-c2ccc(-c3nc(-c4ccccc4)nc(-c4cccc5oc6cc(-c7cccc(-c8ccc9oc%10cc(-n%11c%12ccccc%12c%12cc(-c%13ccccc%13)ccc%12%11)ccc%10c9c8)c7)ccc6c45)n3)cc2)cc1. The molecule has 15 rings (SSSR count). The number of benzene rings is 11. The van der Waals surface area contributed by atoms with Gasteiger partial charge in [-0.15, -0.1) is 0 Å². The zero-order chi connectivity index (χ0) is 49.4. The largest absolute Gasteiger partial charge is 0.456 e. The molecule has 0 unspecified atom stereocenters. The Hall–Kier alpha value is -10.2. The molecular formula is C69H42N4O2. The molecule has 0 saturated heterocycles. The third-order valence-electron chi connectivity index (χ3n) is 14.7. The van der Waals surface area contributed by atoms with Crippen molar-refractivity contribution in [3.8, 4) is 84.4 Å². The molecule has 0 aliphatic rings. The van der Waals surface area contributed by atoms with Crippen LogP contribution >= 0.6 is 0 Å². The summed E-state index contributed by atoms with van der Waals surface area (Å²) in [4.78, 5) is 15.3. The van der Waals surface area contributed by atoms with E-state index in [2.05, 4.69) is 211 Å². The molecule has 0 bridgehead atoms. The van der Waals surface area contributed by atoms with E-state index in [0.717, 1.165) is 111 Å². The molecule has 15 aromatic rings. The van der Waals surface area contributed by atoms with Crippen molar-refractivity contribution in [3.05, 3.63) is 255 Å². The summed E-state index contributed by atoms with van der Waals surface area (Å²) < 4.78 is 15.6. The van der Waals surface area contributed by atoms with E-state index in [1.54, 1.807) is 0 Å². The molecule has 0 fully saturated rings. The van der Waals surface area contributed by atoms with Gasteiger partial charge in [0, 0.05) is 60.8 Å². The second-order valence-corrected chi connectivity index (χ2v) is 19.1. The highest BCUT2D eigenvalue weighted by Gasteiger charge is 2.20. The van der Waals surface area contributed by atoms with Crippen molar-refractivity contribution in [1.29, 1.82) is 0 Å². The summed E-state index contributed by atoms with van der Waals surface area (Å²) in [5, 5.41) is 6.56. The third-order valence-corrected chi connectivity index (χ3v) is 14.7. The van der Waals surface area contributed by atoms with E-state index in [-0.39, 0.29) is 0 Å². The van der Waals surface area contributed by atoms with Crippen LogP contribution in [0.3, 0.4) is 0 Å². The fourth-order valence-electron chi connectivity index (χ4n) is 11.0. The number of hydrogen-bond donors (Lipinski definition) is 0. The Labute approximate surface area is 431 Å². The van der Waals surface area contributed by atoms with E-state index in [1.165, 1.54) is 21.9 Å². The number of para-hydroxylation sites is 1. The predicted molar refractivity (Wildman–Crippen MR) is 307 cm³/mol. The van der Waals surface area contributed by atoms with E-state index < -0.39 is 0 Å². The lowest BCUT2D eigenvalue weighted by molar-refractivity contribution is 0.668. The zero-order valence-electron chi connectivity index (χ0n) is 40.4. The summed E-state index contributed by atoms with van der Waals surface area (Å²) in [7, 11) is 0. The van der Waals surface area contributed by atoms with E-state index in [4.69, 9.17) is 23.8 Å². The van der Waals surface area contributed by atoms with Crippen molar-refractivity contribution < 1.29 is 8.83 Å². The maximum Gasteiger partial charge on any atom is 0.164 e. The van der Waals surface area contributed by atoms with Gasteiger partial charge in [-0.1, -0.05) is 182 Å². The van der Waals surface area contributed by atoms with Crippen LogP contribution in [-0.4, -0.2) is 19.5 Å². The van der Waals surface area contributed by atoms with Crippen molar-refractivity contribution >= 4 is 65.7 Å². The molecule has 75 heavy (non-hydrogen) atoms. The quantitative estimate of drug-likeness (QED) is 0.152. The van der Waals surface area contributed by atoms with Crippen LogP contribution in [0.2, 0.25) is 0 Å². The standard InChI is InChI=1S/C69H42N4O2/c1-4-14-43(15-5-1)45-26-28-47(29-27-45)68-70-67(46-18-8-3-9-19-46)71-69(72-68)57-23-13-25-63-66(57)56-34-30-52(41-64(56)75-63)49-21-12-20-48(38-49)51-32-37-62-59(40-51)55-35-33-53(42-65(55)74-62)73-60-24-11-10-22-54(60)58-39-50(31-36-61(58)73)44-16-6-2-7-17-44/h1-42H. The Bertz CT molecular complexity index is 4690. The first-order chi connectivity index (χ1) is 37.1. The molecule has 0 amide bonds. The zero-order valence-corrected chi connectivity index (χ0v) is 40.4. The average Bonchev–Trinajstić information content (AvgIpc) is 4.17. The van der Waals surface area contributed by atoms with Gasteiger partial charge in [0.1, 0.15) is 22.3 Å². The van der Waals surface area contributed by atoms with Gasteiger partial charge in [0.05, 0.1) is 11.0 Å². The highest BCUT2D eigenvalue weighted by Crippen LogP contribution is 2.41. The molecule has 6 heteroatoms. The van der Waals surface area contributed by atoms with Gasteiger partial charge in [0.2, 0.25) is 0 Å². The average molecular weight is 959 g/mol. The third kappa shape index (κ3) is 7.30. The fraction of sp³-hybridized carbons (Fsp3) is 0. The van der Waals surface area contributed by atoms with Crippen molar-refractivity contribution in [1.82, 2.24) is 19.5 Å². The Morgan fingerprint density at radius 2 is 0.747 bits per heavy atom. The maximum absolute atomic E-state index is 6.67. The summed E-state index contributed by atoms with van der Waals surface area (Å²) in [5.74, 6) is 1.80. The first-order valence-electron chi connectivity index (χ1n) is 25.2. The van der Waals surface area contributed by atoms with Crippen LogP contribution in [0.5, 0.6) is 0 Å². The Kier molecular flexibility index (Phi) is 9.78. The number of nitrogens with zero attached hydrogens (tertiary/aromatic N) is 4. The molecule has 4 heterocycles. The smallest absolute Gasteiger partial charge is 0.164 e. The molecule has 0 aliphatic carbocycles. The lowest BCUT2D eigenvalue weighted by atomic mass is 9.97. The van der Waals surface area contributed by atoms with Gasteiger partial charge in [0.15, 0.2) is 17.5 Å². The molecular weight excluding hydrogens is 917 g/mol. The summed E-state index contributed by atoms with van der Waals surface area (Å²) >= 11 is 0. The molecule has 11 aromatic carbocycles. The topological polar surface area (TPSA) is 69.9 Å². The highest BCUT2D eigenvalue weighted by atomic mass is 16.3. The summed E-state index contributed by atoms with van der Waals surface area (Å²) in [6.07, 6.45) is 0. The van der Waals surface area contributed by atoms with E-state index >= 15 is 0 Å². The van der Waals surface area contributed by atoms with E-state index in [1.807, 2.05) is 48.5 Å². The van der Waals surface area contributed by atoms with Crippen molar-refractivity contribution in [2.75, 3.05) is 0 Å². The molecule has 0 radical (unpaired) electrons.